The van der Waals surface area contributed by atoms with Gasteiger partial charge in [0.1, 0.15) is 5.56 Å². The summed E-state index contributed by atoms with van der Waals surface area (Å²) in [5, 5.41) is 15.6. The zero-order valence-electron chi connectivity index (χ0n) is 18.4. The Hall–Kier alpha value is -4.05. The van der Waals surface area contributed by atoms with E-state index in [2.05, 4.69) is 10.3 Å². The first-order valence-corrected chi connectivity index (χ1v) is 10.9. The van der Waals surface area contributed by atoms with E-state index in [9.17, 15) is 24.5 Å². The summed E-state index contributed by atoms with van der Waals surface area (Å²) in [6.45, 7) is 0.468. The molecule has 0 bridgehead atoms. The van der Waals surface area contributed by atoms with E-state index in [0.29, 0.717) is 18.7 Å². The molecular weight excluding hydrogens is 440 g/mol. The summed E-state index contributed by atoms with van der Waals surface area (Å²) >= 11 is 0. The number of carbonyl (C=O) groups is 3. The zero-order valence-corrected chi connectivity index (χ0v) is 18.4. The van der Waals surface area contributed by atoms with Gasteiger partial charge in [0.05, 0.1) is 23.6 Å². The third kappa shape index (κ3) is 3.02. The molecule has 3 aromatic rings. The van der Waals surface area contributed by atoms with E-state index >= 15 is 0 Å². The molecule has 34 heavy (non-hydrogen) atoms. The fourth-order valence-electron chi connectivity index (χ4n) is 5.29. The van der Waals surface area contributed by atoms with E-state index in [1.54, 1.807) is 0 Å². The number of imide groups is 1. The predicted molar refractivity (Wildman–Crippen MR) is 121 cm³/mol. The third-order valence-corrected chi connectivity index (χ3v) is 6.80. The maximum Gasteiger partial charge on any atom is 0.333 e. The summed E-state index contributed by atoms with van der Waals surface area (Å²) < 4.78 is 5.17. The van der Waals surface area contributed by atoms with Crippen molar-refractivity contribution < 1.29 is 24.0 Å². The number of H-pyrrole nitrogens is 1. The number of hydrogen-bond acceptors (Lipinski definition) is 7. The number of para-hydroxylation sites is 2. The van der Waals surface area contributed by atoms with E-state index < -0.39 is 34.2 Å². The largest absolute Gasteiger partial charge is 0.467 e. The lowest BCUT2D eigenvalue weighted by Crippen LogP contribution is -2.60. The Morgan fingerprint density at radius 2 is 1.91 bits per heavy atom. The van der Waals surface area contributed by atoms with Crippen molar-refractivity contribution >= 4 is 34.4 Å². The average Bonchev–Trinajstić information content (AvgIpc) is 3.44. The van der Waals surface area contributed by atoms with Crippen LogP contribution in [0.15, 0.2) is 48.5 Å². The fraction of sp³-hybridized carbons (Fsp3) is 0.292. The summed E-state index contributed by atoms with van der Waals surface area (Å²) in [6, 6.07) is 13.2. The van der Waals surface area contributed by atoms with Crippen LogP contribution in [0.5, 0.6) is 0 Å². The van der Waals surface area contributed by atoms with Crippen molar-refractivity contribution in [1.29, 1.82) is 0 Å². The van der Waals surface area contributed by atoms with Crippen molar-refractivity contribution in [3.8, 4) is 0 Å². The molecule has 2 atom stereocenters. The van der Waals surface area contributed by atoms with Crippen LogP contribution in [0.1, 0.15) is 28.0 Å². The summed E-state index contributed by atoms with van der Waals surface area (Å²) in [6.07, 6.45) is 0.847. The van der Waals surface area contributed by atoms with Crippen LogP contribution < -0.4 is 5.32 Å². The van der Waals surface area contributed by atoms with E-state index in [-0.39, 0.29) is 24.2 Å². The highest BCUT2D eigenvalue weighted by Gasteiger charge is 2.58. The lowest BCUT2D eigenvalue weighted by molar-refractivity contribution is -0.385. The number of nitro groups is 1. The van der Waals surface area contributed by atoms with E-state index in [1.165, 1.54) is 31.4 Å². The molecule has 5 rings (SSSR count). The SMILES string of the molecule is COC(=O)[C@]1([C@H]2CCN(C(=O)c3ccccc3[N+](=O)[O-])C2=O)NCCc2c1[nH]c1ccccc21. The van der Waals surface area contributed by atoms with E-state index in [0.717, 1.165) is 21.4 Å². The van der Waals surface area contributed by atoms with Gasteiger partial charge in [-0.25, -0.2) is 4.79 Å². The second-order valence-corrected chi connectivity index (χ2v) is 8.41. The molecule has 2 aromatic carbocycles. The Morgan fingerprint density at radius 1 is 1.18 bits per heavy atom. The lowest BCUT2D eigenvalue weighted by Gasteiger charge is -2.39. The number of likely N-dealkylation sites (tertiary alicyclic amines) is 1. The highest BCUT2D eigenvalue weighted by atomic mass is 16.6. The van der Waals surface area contributed by atoms with Gasteiger partial charge in [0.15, 0.2) is 5.54 Å². The van der Waals surface area contributed by atoms with Gasteiger partial charge in [-0.3, -0.25) is 29.9 Å². The van der Waals surface area contributed by atoms with Gasteiger partial charge in [-0.05, 0) is 30.5 Å². The number of nitrogens with zero attached hydrogens (tertiary/aromatic N) is 2. The van der Waals surface area contributed by atoms with E-state index in [1.807, 2.05) is 24.3 Å². The molecule has 3 heterocycles. The Bertz CT molecular complexity index is 1350. The van der Waals surface area contributed by atoms with Crippen LogP contribution in [-0.4, -0.2) is 52.8 Å². The first kappa shape index (κ1) is 21.8. The Balaban J connectivity index is 1.58. The minimum absolute atomic E-state index is 0.0321. The number of ether oxygens (including phenoxy) is 1. The van der Waals surface area contributed by atoms with Gasteiger partial charge in [0.25, 0.3) is 11.6 Å². The molecule has 1 saturated heterocycles. The number of carbonyl (C=O) groups excluding carboxylic acids is 3. The van der Waals surface area contributed by atoms with Crippen LogP contribution >= 0.6 is 0 Å². The highest BCUT2D eigenvalue weighted by molar-refractivity contribution is 6.10. The van der Waals surface area contributed by atoms with Crippen molar-refractivity contribution in [2.75, 3.05) is 20.2 Å². The molecule has 2 N–H and O–H groups in total. The molecule has 0 saturated carbocycles. The van der Waals surface area contributed by atoms with Gasteiger partial charge in [-0.1, -0.05) is 30.3 Å². The fourth-order valence-corrected chi connectivity index (χ4v) is 5.29. The first-order chi connectivity index (χ1) is 16.4. The second kappa shape index (κ2) is 8.07. The first-order valence-electron chi connectivity index (χ1n) is 10.9. The molecule has 10 heteroatoms. The molecule has 0 radical (unpaired) electrons. The zero-order chi connectivity index (χ0) is 24.0. The number of esters is 1. The predicted octanol–water partition coefficient (Wildman–Crippen LogP) is 2.28. The topological polar surface area (TPSA) is 135 Å². The molecule has 1 fully saturated rings. The molecule has 2 aliphatic heterocycles. The molecule has 0 aliphatic carbocycles. The van der Waals surface area contributed by atoms with Crippen LogP contribution in [0.25, 0.3) is 10.9 Å². The van der Waals surface area contributed by atoms with Crippen molar-refractivity contribution in [3.63, 3.8) is 0 Å². The Labute approximate surface area is 194 Å². The summed E-state index contributed by atoms with van der Waals surface area (Å²) in [5.41, 5.74) is 0.274. The Morgan fingerprint density at radius 3 is 2.68 bits per heavy atom. The summed E-state index contributed by atoms with van der Waals surface area (Å²) in [7, 11) is 1.26. The van der Waals surface area contributed by atoms with Crippen LogP contribution in [0.3, 0.4) is 0 Å². The monoisotopic (exact) mass is 462 g/mol. The summed E-state index contributed by atoms with van der Waals surface area (Å²) in [4.78, 5) is 55.2. The number of fused-ring (bicyclic) bond motifs is 3. The normalized spacial score (nSPS) is 22.0. The number of hydrogen-bond donors (Lipinski definition) is 2. The number of aromatic nitrogens is 1. The van der Waals surface area contributed by atoms with Crippen LogP contribution in [0, 0.1) is 16.0 Å². The third-order valence-electron chi connectivity index (χ3n) is 6.80. The number of methoxy groups -OCH3 is 1. The minimum Gasteiger partial charge on any atom is -0.467 e. The number of amides is 2. The lowest BCUT2D eigenvalue weighted by atomic mass is 9.75. The van der Waals surface area contributed by atoms with Crippen LogP contribution in [0.4, 0.5) is 5.69 Å². The molecule has 2 amide bonds. The molecular formula is C24H22N4O6. The van der Waals surface area contributed by atoms with Gasteiger partial charge in [-0.2, -0.15) is 0 Å². The van der Waals surface area contributed by atoms with Crippen molar-refractivity contribution in [3.05, 3.63) is 75.5 Å². The molecule has 2 aliphatic rings. The Kier molecular flexibility index (Phi) is 5.17. The quantitative estimate of drug-likeness (QED) is 0.263. The van der Waals surface area contributed by atoms with Gasteiger partial charge < -0.3 is 9.72 Å². The van der Waals surface area contributed by atoms with Crippen molar-refractivity contribution in [2.45, 2.75) is 18.4 Å². The van der Waals surface area contributed by atoms with E-state index in [4.69, 9.17) is 4.74 Å². The number of nitro benzene ring substituents is 1. The summed E-state index contributed by atoms with van der Waals surface area (Å²) in [5.74, 6) is -2.89. The second-order valence-electron chi connectivity index (χ2n) is 8.41. The molecule has 10 nitrogen and oxygen atoms in total. The van der Waals surface area contributed by atoms with Gasteiger partial charge in [0.2, 0.25) is 5.91 Å². The molecule has 0 spiro atoms. The number of benzene rings is 2. The number of aromatic amines is 1. The highest BCUT2D eigenvalue weighted by Crippen LogP contribution is 2.43. The minimum atomic E-state index is -1.50. The van der Waals surface area contributed by atoms with Gasteiger partial charge in [0, 0.05) is 30.1 Å². The molecule has 174 valence electrons. The molecule has 0 unspecified atom stereocenters. The van der Waals surface area contributed by atoms with Crippen molar-refractivity contribution in [2.24, 2.45) is 5.92 Å². The van der Waals surface area contributed by atoms with Gasteiger partial charge in [-0.15, -0.1) is 0 Å². The number of rotatable bonds is 4. The van der Waals surface area contributed by atoms with Crippen molar-refractivity contribution in [1.82, 2.24) is 15.2 Å². The number of nitrogens with one attached hydrogen (secondary N) is 2. The maximum absolute atomic E-state index is 13.6. The smallest absolute Gasteiger partial charge is 0.333 e. The van der Waals surface area contributed by atoms with Crippen LogP contribution in [-0.2, 0) is 26.3 Å². The van der Waals surface area contributed by atoms with Crippen LogP contribution in [0.2, 0.25) is 0 Å². The standard InChI is InChI=1S/C24H22N4O6/c1-34-23(31)24(20-15(10-12-25-24)14-6-2-4-8-18(14)26-20)17-11-13-27(22(17)30)21(29)16-7-3-5-9-19(16)28(32)33/h2-9,17,25-26H,10-13H2,1H3/t17-,24+/m0/s1. The average molecular weight is 462 g/mol. The van der Waals surface area contributed by atoms with Gasteiger partial charge >= 0.3 is 5.97 Å². The molecule has 1 aromatic heterocycles. The maximum atomic E-state index is 13.6.